The van der Waals surface area contributed by atoms with Gasteiger partial charge < -0.3 is 20.5 Å². The Morgan fingerprint density at radius 2 is 1.97 bits per heavy atom. The lowest BCUT2D eigenvalue weighted by Crippen LogP contribution is -2.22. The van der Waals surface area contributed by atoms with Crippen LogP contribution in [-0.4, -0.2) is 25.1 Å². The number of pyridine rings is 1. The van der Waals surface area contributed by atoms with Crippen LogP contribution in [0.1, 0.15) is 15.2 Å². The van der Waals surface area contributed by atoms with Crippen LogP contribution in [-0.2, 0) is 6.54 Å². The molecule has 148 valence electrons. The first kappa shape index (κ1) is 19.2. The Balaban J connectivity index is 1.55. The molecule has 0 aliphatic carbocycles. The molecule has 0 saturated carbocycles. The summed E-state index contributed by atoms with van der Waals surface area (Å²) in [5.74, 6) is 1.04. The van der Waals surface area contributed by atoms with Crippen LogP contribution in [0.25, 0.3) is 20.8 Å². The fourth-order valence-corrected chi connectivity index (χ4v) is 4.69. The number of nitrogens with zero attached hydrogens (tertiary/aromatic N) is 1. The van der Waals surface area contributed by atoms with Gasteiger partial charge in [-0.15, -0.1) is 22.7 Å². The molecule has 3 heterocycles. The van der Waals surface area contributed by atoms with Gasteiger partial charge >= 0.3 is 0 Å². The van der Waals surface area contributed by atoms with E-state index in [1.807, 2.05) is 47.8 Å². The Hall–Kier alpha value is -3.10. The summed E-state index contributed by atoms with van der Waals surface area (Å²) >= 11 is 2.93. The first-order valence-electron chi connectivity index (χ1n) is 8.82. The van der Waals surface area contributed by atoms with Crippen molar-refractivity contribution in [3.8, 4) is 22.1 Å². The normalized spacial score (nSPS) is 10.8. The molecule has 0 saturated heterocycles. The van der Waals surface area contributed by atoms with E-state index in [0.717, 1.165) is 26.4 Å². The maximum absolute atomic E-state index is 12.7. The fraction of sp³-hybridized carbons (Fsp3) is 0.143. The maximum atomic E-state index is 12.7. The largest absolute Gasteiger partial charge is 0.493 e. The summed E-state index contributed by atoms with van der Waals surface area (Å²) in [5, 5.41) is 5.73. The number of ether oxygens (including phenoxy) is 2. The van der Waals surface area contributed by atoms with Crippen LogP contribution in [0.5, 0.6) is 11.5 Å². The zero-order chi connectivity index (χ0) is 20.4. The van der Waals surface area contributed by atoms with Crippen molar-refractivity contribution in [1.29, 1.82) is 0 Å². The molecule has 0 aliphatic rings. The van der Waals surface area contributed by atoms with Crippen LogP contribution >= 0.6 is 22.7 Å². The zero-order valence-electron chi connectivity index (χ0n) is 15.9. The van der Waals surface area contributed by atoms with E-state index in [1.165, 1.54) is 11.3 Å². The van der Waals surface area contributed by atoms with Crippen LogP contribution in [0.4, 0.5) is 5.69 Å². The number of fused-ring (bicyclic) bond motifs is 1. The van der Waals surface area contributed by atoms with E-state index < -0.39 is 0 Å². The first-order chi connectivity index (χ1) is 14.1. The number of thiophene rings is 2. The average Bonchev–Trinajstić information content (AvgIpc) is 3.40. The molecule has 8 heteroatoms. The van der Waals surface area contributed by atoms with Gasteiger partial charge in [0.15, 0.2) is 11.5 Å². The summed E-state index contributed by atoms with van der Waals surface area (Å²) in [5.41, 5.74) is 8.47. The quantitative estimate of drug-likeness (QED) is 0.473. The van der Waals surface area contributed by atoms with Crippen molar-refractivity contribution in [2.24, 2.45) is 0 Å². The summed E-state index contributed by atoms with van der Waals surface area (Å²) in [6.45, 7) is 0.348. The van der Waals surface area contributed by atoms with Crippen molar-refractivity contribution >= 4 is 44.5 Å². The lowest BCUT2D eigenvalue weighted by molar-refractivity contribution is 0.0956. The number of nitrogen functional groups attached to an aromatic ring is 1. The third-order valence-electron chi connectivity index (χ3n) is 4.47. The number of nitrogens with two attached hydrogens (primary N) is 1. The number of benzene rings is 1. The van der Waals surface area contributed by atoms with E-state index in [4.69, 9.17) is 15.2 Å². The molecule has 0 bridgehead atoms. The van der Waals surface area contributed by atoms with Gasteiger partial charge in [0.2, 0.25) is 0 Å². The molecule has 4 rings (SSSR count). The van der Waals surface area contributed by atoms with Gasteiger partial charge in [0.25, 0.3) is 5.91 Å². The van der Waals surface area contributed by atoms with Crippen molar-refractivity contribution in [1.82, 2.24) is 10.3 Å². The van der Waals surface area contributed by atoms with Gasteiger partial charge in [0, 0.05) is 11.9 Å². The minimum absolute atomic E-state index is 0.224. The first-order valence-corrected chi connectivity index (χ1v) is 10.5. The van der Waals surface area contributed by atoms with Gasteiger partial charge in [-0.05, 0) is 41.3 Å². The van der Waals surface area contributed by atoms with Crippen molar-refractivity contribution in [2.75, 3.05) is 20.0 Å². The molecule has 6 nitrogen and oxygen atoms in total. The van der Waals surface area contributed by atoms with Crippen LogP contribution in [0.2, 0.25) is 0 Å². The van der Waals surface area contributed by atoms with E-state index in [9.17, 15) is 4.79 Å². The van der Waals surface area contributed by atoms with Gasteiger partial charge in [-0.3, -0.25) is 4.79 Å². The Labute approximate surface area is 175 Å². The Morgan fingerprint density at radius 3 is 2.69 bits per heavy atom. The van der Waals surface area contributed by atoms with Crippen LogP contribution in [0, 0.1) is 0 Å². The highest BCUT2D eigenvalue weighted by Gasteiger charge is 2.18. The molecule has 3 N–H and O–H groups in total. The topological polar surface area (TPSA) is 86.5 Å². The lowest BCUT2D eigenvalue weighted by Gasteiger charge is -2.10. The minimum Gasteiger partial charge on any atom is -0.493 e. The second kappa shape index (κ2) is 8.10. The molecular formula is C21H19N3O3S2. The summed E-state index contributed by atoms with van der Waals surface area (Å²) in [7, 11) is 3.16. The van der Waals surface area contributed by atoms with Crippen LogP contribution in [0.15, 0.2) is 47.8 Å². The molecule has 4 aromatic rings. The number of nitrogens with one attached hydrogen (secondary N) is 1. The third kappa shape index (κ3) is 3.76. The number of methoxy groups -OCH3 is 2. The van der Waals surface area contributed by atoms with Crippen LogP contribution < -0.4 is 20.5 Å². The average molecular weight is 426 g/mol. The van der Waals surface area contributed by atoms with E-state index in [2.05, 4.69) is 10.3 Å². The van der Waals surface area contributed by atoms with Crippen molar-refractivity contribution in [3.63, 3.8) is 0 Å². The predicted octanol–water partition coefficient (Wildman–Crippen LogP) is 4.55. The highest BCUT2D eigenvalue weighted by atomic mass is 32.1. The molecule has 1 amide bonds. The number of amides is 1. The third-order valence-corrected chi connectivity index (χ3v) is 6.48. The highest BCUT2D eigenvalue weighted by Crippen LogP contribution is 2.35. The summed E-state index contributed by atoms with van der Waals surface area (Å²) in [6, 6.07) is 13.4. The standard InChI is InChI=1S/C21H19N3O3S2/c1-26-15-8-5-12(10-16(15)27-2)11-23-20(25)19-18(22)13-6-7-14(24-21(13)29-19)17-4-3-9-28-17/h3-10H,11,22H2,1-2H3,(H,23,25). The van der Waals surface area contributed by atoms with Crippen molar-refractivity contribution < 1.29 is 14.3 Å². The van der Waals surface area contributed by atoms with Crippen LogP contribution in [0.3, 0.4) is 0 Å². The maximum Gasteiger partial charge on any atom is 0.263 e. The van der Waals surface area contributed by atoms with Gasteiger partial charge in [-0.25, -0.2) is 4.98 Å². The summed E-state index contributed by atoms with van der Waals surface area (Å²) in [4.78, 5) is 19.7. The molecule has 3 aromatic heterocycles. The summed E-state index contributed by atoms with van der Waals surface area (Å²) in [6.07, 6.45) is 0. The fourth-order valence-electron chi connectivity index (χ4n) is 2.98. The van der Waals surface area contributed by atoms with Gasteiger partial charge in [0.05, 0.1) is 30.5 Å². The Kier molecular flexibility index (Phi) is 5.37. The van der Waals surface area contributed by atoms with Gasteiger partial charge in [-0.1, -0.05) is 12.1 Å². The molecule has 1 aromatic carbocycles. The SMILES string of the molecule is COc1ccc(CNC(=O)c2sc3nc(-c4cccs4)ccc3c2N)cc1OC. The van der Waals surface area contributed by atoms with Crippen molar-refractivity contribution in [3.05, 3.63) is 58.3 Å². The highest BCUT2D eigenvalue weighted by molar-refractivity contribution is 7.21. The van der Waals surface area contributed by atoms with E-state index in [-0.39, 0.29) is 5.91 Å². The van der Waals surface area contributed by atoms with Gasteiger partial charge in [0.1, 0.15) is 9.71 Å². The second-order valence-electron chi connectivity index (χ2n) is 6.24. The Morgan fingerprint density at radius 1 is 1.14 bits per heavy atom. The van der Waals surface area contributed by atoms with E-state index in [0.29, 0.717) is 28.6 Å². The smallest absolute Gasteiger partial charge is 0.263 e. The predicted molar refractivity (Wildman–Crippen MR) is 118 cm³/mol. The monoisotopic (exact) mass is 425 g/mol. The number of anilines is 1. The Bertz CT molecular complexity index is 1170. The number of aromatic nitrogens is 1. The molecule has 0 fully saturated rings. The number of hydrogen-bond acceptors (Lipinski definition) is 7. The number of hydrogen-bond donors (Lipinski definition) is 2. The molecule has 0 aliphatic heterocycles. The number of carbonyl (C=O) groups excluding carboxylic acids is 1. The molecule has 29 heavy (non-hydrogen) atoms. The molecule has 0 atom stereocenters. The number of carbonyl (C=O) groups is 1. The zero-order valence-corrected chi connectivity index (χ0v) is 17.5. The van der Waals surface area contributed by atoms with E-state index in [1.54, 1.807) is 25.6 Å². The molecular weight excluding hydrogens is 406 g/mol. The summed E-state index contributed by atoms with van der Waals surface area (Å²) < 4.78 is 10.5. The van der Waals surface area contributed by atoms with Crippen molar-refractivity contribution in [2.45, 2.75) is 6.54 Å². The lowest BCUT2D eigenvalue weighted by atomic mass is 10.2. The van der Waals surface area contributed by atoms with E-state index >= 15 is 0 Å². The second-order valence-corrected chi connectivity index (χ2v) is 8.19. The molecule has 0 spiro atoms. The molecule has 0 radical (unpaired) electrons. The minimum atomic E-state index is -0.224. The number of rotatable bonds is 6. The van der Waals surface area contributed by atoms with Gasteiger partial charge in [-0.2, -0.15) is 0 Å². The molecule has 0 unspecified atom stereocenters.